The summed E-state index contributed by atoms with van der Waals surface area (Å²) < 4.78 is 5.07. The Kier molecular flexibility index (Phi) is 3.51. The number of carbonyl (C=O) groups is 1. The van der Waals surface area contributed by atoms with Crippen molar-refractivity contribution in [2.45, 2.75) is 19.4 Å². The number of pyridine rings is 1. The van der Waals surface area contributed by atoms with E-state index < -0.39 is 0 Å². The van der Waals surface area contributed by atoms with Gasteiger partial charge in [-0.25, -0.2) is 0 Å². The van der Waals surface area contributed by atoms with Gasteiger partial charge in [0, 0.05) is 6.20 Å². The van der Waals surface area contributed by atoms with Gasteiger partial charge in [-0.1, -0.05) is 6.07 Å². The average molecular weight is 220 g/mol. The summed E-state index contributed by atoms with van der Waals surface area (Å²) in [5, 5.41) is 3.30. The van der Waals surface area contributed by atoms with Crippen LogP contribution in [0.25, 0.3) is 0 Å². The SMILES string of the molecule is CCOC(=O)[C@@H]1CCN[C@@H]1c1ccccn1. The molecule has 0 radical (unpaired) electrons. The van der Waals surface area contributed by atoms with E-state index in [9.17, 15) is 4.79 Å². The Labute approximate surface area is 95.0 Å². The number of nitrogens with zero attached hydrogens (tertiary/aromatic N) is 1. The van der Waals surface area contributed by atoms with Crippen LogP contribution in [0.2, 0.25) is 0 Å². The van der Waals surface area contributed by atoms with E-state index in [2.05, 4.69) is 10.3 Å². The highest BCUT2D eigenvalue weighted by molar-refractivity contribution is 5.74. The summed E-state index contributed by atoms with van der Waals surface area (Å²) in [4.78, 5) is 16.0. The molecular formula is C12H16N2O2. The molecule has 0 amide bonds. The van der Waals surface area contributed by atoms with Gasteiger partial charge in [0.05, 0.1) is 24.3 Å². The molecule has 2 rings (SSSR count). The lowest BCUT2D eigenvalue weighted by atomic mass is 9.98. The Hall–Kier alpha value is -1.42. The monoisotopic (exact) mass is 220 g/mol. The first-order chi connectivity index (χ1) is 7.83. The predicted octanol–water partition coefficient (Wildman–Crippen LogP) is 1.30. The van der Waals surface area contributed by atoms with Crippen molar-refractivity contribution in [3.63, 3.8) is 0 Å². The fourth-order valence-electron chi connectivity index (χ4n) is 2.08. The lowest BCUT2D eigenvalue weighted by Crippen LogP contribution is -2.25. The number of ether oxygens (including phenoxy) is 1. The summed E-state index contributed by atoms with van der Waals surface area (Å²) in [5.74, 6) is -0.224. The molecule has 4 heteroatoms. The summed E-state index contributed by atoms with van der Waals surface area (Å²) in [6.07, 6.45) is 2.57. The Morgan fingerprint density at radius 3 is 3.19 bits per heavy atom. The van der Waals surface area contributed by atoms with E-state index in [1.807, 2.05) is 25.1 Å². The third-order valence-electron chi connectivity index (χ3n) is 2.82. The number of rotatable bonds is 3. The van der Waals surface area contributed by atoms with Gasteiger partial charge in [-0.05, 0) is 32.0 Å². The van der Waals surface area contributed by atoms with Gasteiger partial charge in [0.15, 0.2) is 0 Å². The maximum absolute atomic E-state index is 11.7. The van der Waals surface area contributed by atoms with E-state index in [1.54, 1.807) is 6.20 Å². The van der Waals surface area contributed by atoms with Crippen molar-refractivity contribution in [1.29, 1.82) is 0 Å². The predicted molar refractivity (Wildman–Crippen MR) is 59.7 cm³/mol. The van der Waals surface area contributed by atoms with Gasteiger partial charge >= 0.3 is 5.97 Å². The van der Waals surface area contributed by atoms with Gasteiger partial charge in [-0.3, -0.25) is 9.78 Å². The van der Waals surface area contributed by atoms with Gasteiger partial charge < -0.3 is 10.1 Å². The van der Waals surface area contributed by atoms with Crippen molar-refractivity contribution < 1.29 is 9.53 Å². The molecule has 0 saturated carbocycles. The maximum Gasteiger partial charge on any atom is 0.310 e. The molecule has 0 aromatic carbocycles. The number of hydrogen-bond acceptors (Lipinski definition) is 4. The Balaban J connectivity index is 2.12. The first-order valence-electron chi connectivity index (χ1n) is 5.64. The zero-order valence-electron chi connectivity index (χ0n) is 9.35. The van der Waals surface area contributed by atoms with Crippen LogP contribution in [0.3, 0.4) is 0 Å². The lowest BCUT2D eigenvalue weighted by molar-refractivity contribution is -0.148. The maximum atomic E-state index is 11.7. The Morgan fingerprint density at radius 2 is 2.50 bits per heavy atom. The van der Waals surface area contributed by atoms with E-state index in [1.165, 1.54) is 0 Å². The quantitative estimate of drug-likeness (QED) is 0.780. The molecule has 1 aliphatic rings. The zero-order chi connectivity index (χ0) is 11.4. The molecule has 0 bridgehead atoms. The summed E-state index contributed by atoms with van der Waals surface area (Å²) in [7, 11) is 0. The fraction of sp³-hybridized carbons (Fsp3) is 0.500. The minimum atomic E-state index is -0.122. The van der Waals surface area contributed by atoms with Crippen LogP contribution in [-0.4, -0.2) is 24.1 Å². The average Bonchev–Trinajstić information content (AvgIpc) is 2.79. The highest BCUT2D eigenvalue weighted by atomic mass is 16.5. The molecule has 0 aliphatic carbocycles. The zero-order valence-corrected chi connectivity index (χ0v) is 9.35. The lowest BCUT2D eigenvalue weighted by Gasteiger charge is -2.17. The number of nitrogens with one attached hydrogen (secondary N) is 1. The van der Waals surface area contributed by atoms with Gasteiger partial charge in [-0.15, -0.1) is 0 Å². The molecule has 1 aromatic heterocycles. The van der Waals surface area contributed by atoms with Crippen LogP contribution in [0.15, 0.2) is 24.4 Å². The van der Waals surface area contributed by atoms with Crippen LogP contribution in [0.4, 0.5) is 0 Å². The molecule has 0 spiro atoms. The molecule has 1 saturated heterocycles. The van der Waals surface area contributed by atoms with E-state index in [4.69, 9.17) is 4.74 Å². The van der Waals surface area contributed by atoms with Crippen molar-refractivity contribution in [2.24, 2.45) is 5.92 Å². The minimum Gasteiger partial charge on any atom is -0.466 e. The van der Waals surface area contributed by atoms with Crippen molar-refractivity contribution in [1.82, 2.24) is 10.3 Å². The van der Waals surface area contributed by atoms with Crippen molar-refractivity contribution in [2.75, 3.05) is 13.2 Å². The van der Waals surface area contributed by atoms with E-state index in [0.29, 0.717) is 6.61 Å². The second-order valence-corrected chi connectivity index (χ2v) is 3.83. The summed E-state index contributed by atoms with van der Waals surface area (Å²) in [6.45, 7) is 3.10. The second kappa shape index (κ2) is 5.07. The molecule has 1 N–H and O–H groups in total. The molecule has 4 nitrogen and oxygen atoms in total. The molecule has 86 valence electrons. The molecule has 2 atom stereocenters. The molecule has 0 unspecified atom stereocenters. The highest BCUT2D eigenvalue weighted by Gasteiger charge is 2.35. The third kappa shape index (κ3) is 2.22. The molecular weight excluding hydrogens is 204 g/mol. The van der Waals surface area contributed by atoms with Crippen LogP contribution in [0, 0.1) is 5.92 Å². The number of esters is 1. The first-order valence-corrected chi connectivity index (χ1v) is 5.64. The van der Waals surface area contributed by atoms with Crippen molar-refractivity contribution >= 4 is 5.97 Å². The molecule has 1 fully saturated rings. The van der Waals surface area contributed by atoms with Crippen LogP contribution in [-0.2, 0) is 9.53 Å². The summed E-state index contributed by atoms with van der Waals surface area (Å²) in [6, 6.07) is 5.75. The van der Waals surface area contributed by atoms with Crippen LogP contribution < -0.4 is 5.32 Å². The van der Waals surface area contributed by atoms with Crippen LogP contribution >= 0.6 is 0 Å². The third-order valence-corrected chi connectivity index (χ3v) is 2.82. The first kappa shape index (κ1) is 11.1. The number of aromatic nitrogens is 1. The Morgan fingerprint density at radius 1 is 1.62 bits per heavy atom. The summed E-state index contributed by atoms with van der Waals surface area (Å²) >= 11 is 0. The Bertz CT molecular complexity index is 353. The van der Waals surface area contributed by atoms with Crippen LogP contribution in [0.1, 0.15) is 25.1 Å². The van der Waals surface area contributed by atoms with E-state index >= 15 is 0 Å². The number of carbonyl (C=O) groups excluding carboxylic acids is 1. The van der Waals surface area contributed by atoms with Crippen molar-refractivity contribution in [3.05, 3.63) is 30.1 Å². The van der Waals surface area contributed by atoms with Gasteiger partial charge in [-0.2, -0.15) is 0 Å². The fourth-order valence-corrected chi connectivity index (χ4v) is 2.08. The molecule has 16 heavy (non-hydrogen) atoms. The standard InChI is InChI=1S/C12H16N2O2/c1-2-16-12(15)9-6-8-14-11(9)10-5-3-4-7-13-10/h3-5,7,9,11,14H,2,6,8H2,1H3/t9-,11+/m1/s1. The highest BCUT2D eigenvalue weighted by Crippen LogP contribution is 2.29. The second-order valence-electron chi connectivity index (χ2n) is 3.83. The van der Waals surface area contributed by atoms with Gasteiger partial charge in [0.2, 0.25) is 0 Å². The topological polar surface area (TPSA) is 51.2 Å². The molecule has 1 aromatic rings. The molecule has 2 heterocycles. The van der Waals surface area contributed by atoms with E-state index in [-0.39, 0.29) is 17.9 Å². The van der Waals surface area contributed by atoms with Gasteiger partial charge in [0.1, 0.15) is 0 Å². The largest absolute Gasteiger partial charge is 0.466 e. The normalized spacial score (nSPS) is 24.3. The summed E-state index contributed by atoms with van der Waals surface area (Å²) in [5.41, 5.74) is 0.915. The molecule has 1 aliphatic heterocycles. The van der Waals surface area contributed by atoms with Gasteiger partial charge in [0.25, 0.3) is 0 Å². The van der Waals surface area contributed by atoms with Crippen LogP contribution in [0.5, 0.6) is 0 Å². The minimum absolute atomic E-state index is 0.000231. The van der Waals surface area contributed by atoms with Crippen molar-refractivity contribution in [3.8, 4) is 0 Å². The number of hydrogen-bond donors (Lipinski definition) is 1. The smallest absolute Gasteiger partial charge is 0.310 e. The van der Waals surface area contributed by atoms with E-state index in [0.717, 1.165) is 18.7 Å².